The Morgan fingerprint density at radius 3 is 1.49 bits per heavy atom. The van der Waals surface area contributed by atoms with E-state index in [9.17, 15) is 0 Å². The molecule has 2 aromatic rings. The molecule has 0 heterocycles. The molecule has 2 aliphatic carbocycles. The van der Waals surface area contributed by atoms with Gasteiger partial charge in [-0.25, -0.2) is 6.08 Å². The number of hydrogen-bond donors (Lipinski definition) is 0. The summed E-state index contributed by atoms with van der Waals surface area (Å²) in [6.07, 6.45) is 27.1. The standard InChI is InChI=1S/C23H28Si.2C5H5.Zr/c1-5-6-15-22(19-24(2,3)4)23(21-16-11-8-12-17-21)18-20-13-9-7-10-14-20;2*1-2-4-5-3-1;/h7-14,16-17H,5-6,15H2,1-4H3;2*1-5H;/q-2;;;+2. The van der Waals surface area contributed by atoms with Gasteiger partial charge < -0.3 is 5.70 Å². The number of unbranched alkanes of at least 4 members (excludes halogenated alkanes) is 1. The summed E-state index contributed by atoms with van der Waals surface area (Å²) in [7, 11) is -1.43. The molecule has 0 unspecified atom stereocenters. The second-order valence-corrected chi connectivity index (χ2v) is 13.9. The third-order valence-electron chi connectivity index (χ3n) is 4.82. The van der Waals surface area contributed by atoms with Crippen molar-refractivity contribution in [2.45, 2.75) is 45.8 Å². The van der Waals surface area contributed by atoms with Gasteiger partial charge in [-0.1, -0.05) is 82.2 Å². The molecule has 0 saturated heterocycles. The van der Waals surface area contributed by atoms with E-state index in [4.69, 9.17) is 0 Å². The van der Waals surface area contributed by atoms with Crippen LogP contribution in [0.5, 0.6) is 0 Å². The Balaban J connectivity index is 0.000000456. The second kappa shape index (κ2) is 19.2. The monoisotopic (exact) mass is 552 g/mol. The first kappa shape index (κ1) is 32.0. The van der Waals surface area contributed by atoms with Crippen molar-refractivity contribution in [3.63, 3.8) is 0 Å². The summed E-state index contributed by atoms with van der Waals surface area (Å²) in [5.41, 5.74) is 8.77. The normalized spacial score (nSPS) is 15.9. The summed E-state index contributed by atoms with van der Waals surface area (Å²) in [6.45, 7) is 9.30. The molecule has 10 radical (unpaired) electrons. The molecule has 0 atom stereocenters. The maximum atomic E-state index is 3.87. The van der Waals surface area contributed by atoms with Crippen molar-refractivity contribution in [2.75, 3.05) is 0 Å². The van der Waals surface area contributed by atoms with Crippen molar-refractivity contribution in [2.24, 2.45) is 0 Å². The predicted molar refractivity (Wildman–Crippen MR) is 151 cm³/mol. The molecule has 2 aliphatic rings. The largest absolute Gasteiger partial charge is 2.00 e. The quantitative estimate of drug-likeness (QED) is 0.139. The molecule has 0 aromatic heterocycles. The van der Waals surface area contributed by atoms with E-state index in [1.807, 2.05) is 64.2 Å². The Labute approximate surface area is 237 Å². The van der Waals surface area contributed by atoms with Crippen molar-refractivity contribution in [3.05, 3.63) is 153 Å². The fourth-order valence-electron chi connectivity index (χ4n) is 3.29. The van der Waals surface area contributed by atoms with Gasteiger partial charge in [0.25, 0.3) is 0 Å². The van der Waals surface area contributed by atoms with Crippen LogP contribution in [0.25, 0.3) is 5.57 Å². The molecule has 2 fully saturated rings. The maximum absolute atomic E-state index is 3.87. The summed E-state index contributed by atoms with van der Waals surface area (Å²) in [6, 6.07) is 21.1. The number of hydrogen-bond acceptors (Lipinski definition) is 0. The molecule has 4 rings (SSSR count). The van der Waals surface area contributed by atoms with Crippen LogP contribution in [-0.2, 0) is 26.2 Å². The second-order valence-electron chi connectivity index (χ2n) is 9.11. The average molecular weight is 554 g/mol. The Hall–Kier alpha value is -0.980. The molecule has 2 aromatic carbocycles. The summed E-state index contributed by atoms with van der Waals surface area (Å²) in [5.74, 6) is 0. The van der Waals surface area contributed by atoms with Crippen LogP contribution in [0.3, 0.4) is 0 Å². The fourth-order valence-corrected chi connectivity index (χ4v) is 4.45. The fraction of sp³-hybridized carbons (Fsp3) is 0.212. The van der Waals surface area contributed by atoms with Gasteiger partial charge >= 0.3 is 26.2 Å². The van der Waals surface area contributed by atoms with Crippen LogP contribution in [0, 0.1) is 76.0 Å². The molecule has 0 amide bonds. The van der Waals surface area contributed by atoms with Crippen LogP contribution in [-0.4, -0.2) is 8.07 Å². The summed E-state index contributed by atoms with van der Waals surface area (Å²) in [4.78, 5) is 0. The number of benzene rings is 2. The number of allylic oxidation sites excluding steroid dienone is 2. The molecule has 0 N–H and O–H groups in total. The SMILES string of the molecule is CCCCC(=[C-][Si](C)(C)C)C(=[C-]c1ccccc1)c1ccccc1.[CH]1[CH][CH][CH][CH]1.[CH]1[CH][CH][CH][CH]1.[Zr+2]. The van der Waals surface area contributed by atoms with Crippen LogP contribution in [0.2, 0.25) is 19.6 Å². The Morgan fingerprint density at radius 1 is 0.657 bits per heavy atom. The molecule has 0 nitrogen and oxygen atoms in total. The van der Waals surface area contributed by atoms with Gasteiger partial charge in [0.1, 0.15) is 0 Å². The topological polar surface area (TPSA) is 0 Å². The minimum atomic E-state index is -1.43. The smallest absolute Gasteiger partial charge is 0.317 e. The van der Waals surface area contributed by atoms with E-state index in [0.29, 0.717) is 0 Å². The molecule has 2 saturated carbocycles. The van der Waals surface area contributed by atoms with Crippen molar-refractivity contribution < 1.29 is 26.2 Å². The van der Waals surface area contributed by atoms with E-state index in [1.165, 1.54) is 29.6 Å². The molecule has 2 heteroatoms. The van der Waals surface area contributed by atoms with Crippen LogP contribution < -0.4 is 0 Å². The van der Waals surface area contributed by atoms with Gasteiger partial charge in [0.2, 0.25) is 0 Å². The van der Waals surface area contributed by atoms with Crippen molar-refractivity contribution >= 4 is 13.6 Å². The Kier molecular flexibility index (Phi) is 17.6. The zero-order chi connectivity index (χ0) is 24.5. The van der Waals surface area contributed by atoms with Crippen LogP contribution in [0.1, 0.15) is 37.3 Å². The van der Waals surface area contributed by atoms with E-state index in [2.05, 4.69) is 99.0 Å². The summed E-state index contributed by atoms with van der Waals surface area (Å²) < 4.78 is 0. The zero-order valence-electron chi connectivity index (χ0n) is 21.7. The molecule has 178 valence electrons. The third kappa shape index (κ3) is 15.0. The van der Waals surface area contributed by atoms with Crippen molar-refractivity contribution in [1.29, 1.82) is 0 Å². The molecular formula is C33H38SiZr. The van der Waals surface area contributed by atoms with Gasteiger partial charge in [0.05, 0.1) is 0 Å². The summed E-state index contributed by atoms with van der Waals surface area (Å²) in [5, 5.41) is 0. The molecule has 0 aliphatic heterocycles. The van der Waals surface area contributed by atoms with Gasteiger partial charge in [0, 0.05) is 0 Å². The first-order valence-corrected chi connectivity index (χ1v) is 15.7. The first-order chi connectivity index (χ1) is 16.5. The van der Waals surface area contributed by atoms with E-state index in [0.717, 1.165) is 12.0 Å². The minimum Gasteiger partial charge on any atom is -0.317 e. The first-order valence-electron chi connectivity index (χ1n) is 12.2. The van der Waals surface area contributed by atoms with E-state index in [-0.39, 0.29) is 26.2 Å². The van der Waals surface area contributed by atoms with Crippen LogP contribution in [0.4, 0.5) is 0 Å². The zero-order valence-corrected chi connectivity index (χ0v) is 25.1. The van der Waals surface area contributed by atoms with Crippen LogP contribution >= 0.6 is 0 Å². The number of rotatable bonds is 7. The molecular weight excluding hydrogens is 516 g/mol. The van der Waals surface area contributed by atoms with Crippen LogP contribution in [0.15, 0.2) is 66.2 Å². The average Bonchev–Trinajstić information content (AvgIpc) is 3.60. The molecule has 0 bridgehead atoms. The Bertz CT molecular complexity index is 797. The predicted octanol–water partition coefficient (Wildman–Crippen LogP) is 8.76. The van der Waals surface area contributed by atoms with E-state index < -0.39 is 8.07 Å². The van der Waals surface area contributed by atoms with E-state index >= 15 is 0 Å². The summed E-state index contributed by atoms with van der Waals surface area (Å²) >= 11 is 0. The van der Waals surface area contributed by atoms with Gasteiger partial charge in [-0.15, -0.1) is 29.8 Å². The van der Waals surface area contributed by atoms with Crippen molar-refractivity contribution in [1.82, 2.24) is 0 Å². The van der Waals surface area contributed by atoms with E-state index in [1.54, 1.807) is 0 Å². The molecule has 0 spiro atoms. The van der Waals surface area contributed by atoms with Gasteiger partial charge in [-0.2, -0.15) is 5.56 Å². The molecule has 35 heavy (non-hydrogen) atoms. The van der Waals surface area contributed by atoms with Gasteiger partial charge in [0.15, 0.2) is 0 Å². The third-order valence-corrected chi connectivity index (χ3v) is 5.88. The van der Waals surface area contributed by atoms with Gasteiger partial charge in [-0.3, -0.25) is 11.1 Å². The van der Waals surface area contributed by atoms with Gasteiger partial charge in [-0.05, 0) is 72.3 Å². The minimum absolute atomic E-state index is 0. The maximum Gasteiger partial charge on any atom is 2.00 e. The Morgan fingerprint density at radius 2 is 1.09 bits per heavy atom. The van der Waals surface area contributed by atoms with Crippen molar-refractivity contribution in [3.8, 4) is 0 Å².